The molecule has 0 heterocycles. The Balaban J connectivity index is 4.74. The summed E-state index contributed by atoms with van der Waals surface area (Å²) in [6, 6.07) is 0. The molecule has 9 nitrogen and oxygen atoms in total. The first kappa shape index (κ1) is 26.8. The monoisotopic (exact) mass is 416 g/mol. The van der Waals surface area contributed by atoms with Crippen molar-refractivity contribution in [3.05, 3.63) is 0 Å². The van der Waals surface area contributed by atoms with Crippen LogP contribution < -0.4 is 0 Å². The van der Waals surface area contributed by atoms with Crippen LogP contribution in [-0.2, 0) is 19.2 Å². The number of unbranched alkanes of at least 4 members (excludes halogenated alkanes) is 2. The molecule has 168 valence electrons. The van der Waals surface area contributed by atoms with Crippen LogP contribution in [0, 0.1) is 0 Å². The Morgan fingerprint density at radius 1 is 0.586 bits per heavy atom. The Morgan fingerprint density at radius 2 is 1.07 bits per heavy atom. The topological polar surface area (TPSA) is 135 Å². The molecule has 0 aliphatic carbocycles. The van der Waals surface area contributed by atoms with Gasteiger partial charge >= 0.3 is 17.9 Å². The second-order valence-corrected chi connectivity index (χ2v) is 7.17. The van der Waals surface area contributed by atoms with Crippen LogP contribution in [0.5, 0.6) is 0 Å². The van der Waals surface area contributed by atoms with Crippen molar-refractivity contribution >= 4 is 23.8 Å². The smallest absolute Gasteiger partial charge is 0.303 e. The van der Waals surface area contributed by atoms with Gasteiger partial charge in [0.1, 0.15) is 0 Å². The largest absolute Gasteiger partial charge is 0.481 e. The van der Waals surface area contributed by atoms with Crippen LogP contribution in [0.3, 0.4) is 0 Å². The number of carboxylic acids is 3. The third kappa shape index (κ3) is 16.5. The van der Waals surface area contributed by atoms with Gasteiger partial charge in [-0.3, -0.25) is 19.2 Å². The van der Waals surface area contributed by atoms with Crippen molar-refractivity contribution in [2.45, 2.75) is 71.1 Å². The summed E-state index contributed by atoms with van der Waals surface area (Å²) in [4.78, 5) is 48.4. The maximum atomic E-state index is 12.5. The van der Waals surface area contributed by atoms with Crippen LogP contribution in [0.4, 0.5) is 0 Å². The Kier molecular flexibility index (Phi) is 15.5. The van der Waals surface area contributed by atoms with Gasteiger partial charge in [0, 0.05) is 45.3 Å². The number of amides is 1. The minimum atomic E-state index is -0.896. The lowest BCUT2D eigenvalue weighted by Crippen LogP contribution is -2.40. The van der Waals surface area contributed by atoms with Gasteiger partial charge in [-0.1, -0.05) is 19.8 Å². The molecule has 0 unspecified atom stereocenters. The average molecular weight is 417 g/mol. The quantitative estimate of drug-likeness (QED) is 0.273. The normalized spacial score (nSPS) is 10.8. The lowest BCUT2D eigenvalue weighted by Gasteiger charge is -2.28. The molecule has 0 saturated carbocycles. The van der Waals surface area contributed by atoms with Gasteiger partial charge in [-0.05, 0) is 38.8 Å². The molecule has 0 radical (unpaired) electrons. The number of rotatable bonds is 19. The van der Waals surface area contributed by atoms with Crippen LogP contribution >= 0.6 is 0 Å². The Morgan fingerprint density at radius 3 is 1.52 bits per heavy atom. The van der Waals surface area contributed by atoms with E-state index in [-0.39, 0.29) is 25.2 Å². The van der Waals surface area contributed by atoms with Gasteiger partial charge in [0.05, 0.1) is 0 Å². The van der Waals surface area contributed by atoms with Gasteiger partial charge in [-0.2, -0.15) is 0 Å². The summed E-state index contributed by atoms with van der Waals surface area (Å²) in [6.07, 6.45) is 4.55. The highest BCUT2D eigenvalue weighted by Gasteiger charge is 2.16. The molecule has 0 aliphatic rings. The van der Waals surface area contributed by atoms with Crippen molar-refractivity contribution in [3.63, 3.8) is 0 Å². The van der Waals surface area contributed by atoms with E-state index in [4.69, 9.17) is 15.3 Å². The second kappa shape index (κ2) is 16.8. The van der Waals surface area contributed by atoms with Gasteiger partial charge in [-0.15, -0.1) is 0 Å². The Labute approximate surface area is 172 Å². The van der Waals surface area contributed by atoms with E-state index in [1.54, 1.807) is 4.90 Å². The van der Waals surface area contributed by atoms with Crippen LogP contribution in [0.15, 0.2) is 0 Å². The zero-order valence-corrected chi connectivity index (χ0v) is 17.5. The van der Waals surface area contributed by atoms with E-state index in [1.807, 2.05) is 4.90 Å². The third-order valence-electron chi connectivity index (χ3n) is 4.58. The van der Waals surface area contributed by atoms with Gasteiger partial charge in [0.2, 0.25) is 5.91 Å². The van der Waals surface area contributed by atoms with E-state index in [9.17, 15) is 19.2 Å². The second-order valence-electron chi connectivity index (χ2n) is 7.17. The number of hydrogen-bond donors (Lipinski definition) is 3. The lowest BCUT2D eigenvalue weighted by molar-refractivity contribution is -0.138. The first-order valence-corrected chi connectivity index (χ1v) is 10.4. The van der Waals surface area contributed by atoms with Gasteiger partial charge in [0.15, 0.2) is 0 Å². The fourth-order valence-electron chi connectivity index (χ4n) is 2.97. The maximum absolute atomic E-state index is 12.5. The molecule has 0 aromatic carbocycles. The summed E-state index contributed by atoms with van der Waals surface area (Å²) in [5, 5.41) is 26.5. The van der Waals surface area contributed by atoms with E-state index in [1.165, 1.54) is 0 Å². The van der Waals surface area contributed by atoms with Crippen molar-refractivity contribution in [1.29, 1.82) is 0 Å². The fourth-order valence-corrected chi connectivity index (χ4v) is 2.97. The fraction of sp³-hybridized carbons (Fsp3) is 0.800. The zero-order valence-electron chi connectivity index (χ0n) is 17.5. The molecular formula is C20H36N2O7. The first-order chi connectivity index (χ1) is 13.8. The van der Waals surface area contributed by atoms with Gasteiger partial charge in [0.25, 0.3) is 0 Å². The van der Waals surface area contributed by atoms with E-state index < -0.39 is 17.9 Å². The van der Waals surface area contributed by atoms with Crippen molar-refractivity contribution < 1.29 is 34.5 Å². The van der Waals surface area contributed by atoms with Crippen molar-refractivity contribution in [1.82, 2.24) is 9.80 Å². The number of carbonyl (C=O) groups is 4. The molecule has 0 saturated heterocycles. The molecule has 1 amide bonds. The van der Waals surface area contributed by atoms with Crippen molar-refractivity contribution in [2.75, 3.05) is 32.7 Å². The first-order valence-electron chi connectivity index (χ1n) is 10.4. The Hall–Kier alpha value is -2.16. The van der Waals surface area contributed by atoms with Crippen molar-refractivity contribution in [2.24, 2.45) is 0 Å². The number of carbonyl (C=O) groups excluding carboxylic acids is 1. The van der Waals surface area contributed by atoms with E-state index in [0.29, 0.717) is 58.4 Å². The predicted molar refractivity (Wildman–Crippen MR) is 108 cm³/mol. The SMILES string of the molecule is CCCCCC(=O)N(CCCC(=O)O)CCN(CCCC(=O)O)CCCC(=O)O. The van der Waals surface area contributed by atoms with E-state index >= 15 is 0 Å². The zero-order chi connectivity index (χ0) is 22.1. The summed E-state index contributed by atoms with van der Waals surface area (Å²) >= 11 is 0. The molecule has 0 aromatic heterocycles. The van der Waals surface area contributed by atoms with Crippen LogP contribution in [0.1, 0.15) is 71.1 Å². The Bertz CT molecular complexity index is 491. The third-order valence-corrected chi connectivity index (χ3v) is 4.58. The molecule has 0 atom stereocenters. The summed E-state index contributed by atoms with van der Waals surface area (Å²) in [5.41, 5.74) is 0. The highest BCUT2D eigenvalue weighted by molar-refractivity contribution is 5.76. The molecular weight excluding hydrogens is 380 g/mol. The van der Waals surface area contributed by atoms with Crippen LogP contribution in [0.25, 0.3) is 0 Å². The molecule has 0 spiro atoms. The number of carboxylic acid groups (broad SMARTS) is 3. The summed E-state index contributed by atoms with van der Waals surface area (Å²) in [6.45, 7) is 4.38. The van der Waals surface area contributed by atoms with E-state index in [2.05, 4.69) is 6.92 Å². The molecule has 3 N–H and O–H groups in total. The maximum Gasteiger partial charge on any atom is 0.303 e. The van der Waals surface area contributed by atoms with Gasteiger partial charge < -0.3 is 25.1 Å². The predicted octanol–water partition coefficient (Wildman–Crippen LogP) is 2.29. The highest BCUT2D eigenvalue weighted by Crippen LogP contribution is 2.07. The number of hydrogen-bond acceptors (Lipinski definition) is 5. The number of nitrogens with zero attached hydrogens (tertiary/aromatic N) is 2. The number of aliphatic carboxylic acids is 3. The van der Waals surface area contributed by atoms with Crippen LogP contribution in [-0.4, -0.2) is 81.7 Å². The highest BCUT2D eigenvalue weighted by atomic mass is 16.4. The molecule has 0 aromatic rings. The summed E-state index contributed by atoms with van der Waals surface area (Å²) < 4.78 is 0. The summed E-state index contributed by atoms with van der Waals surface area (Å²) in [7, 11) is 0. The van der Waals surface area contributed by atoms with Crippen LogP contribution in [0.2, 0.25) is 0 Å². The molecule has 0 fully saturated rings. The lowest BCUT2D eigenvalue weighted by atomic mass is 10.2. The van der Waals surface area contributed by atoms with Gasteiger partial charge in [-0.25, -0.2) is 0 Å². The summed E-state index contributed by atoms with van der Waals surface area (Å²) in [5.74, 6) is -2.65. The molecule has 9 heteroatoms. The minimum Gasteiger partial charge on any atom is -0.481 e. The minimum absolute atomic E-state index is 0.000129. The molecule has 0 rings (SSSR count). The molecule has 29 heavy (non-hydrogen) atoms. The molecule has 0 aliphatic heterocycles. The molecule has 0 bridgehead atoms. The average Bonchev–Trinajstić information content (AvgIpc) is 2.63. The van der Waals surface area contributed by atoms with E-state index in [0.717, 1.165) is 19.3 Å². The van der Waals surface area contributed by atoms with Crippen molar-refractivity contribution in [3.8, 4) is 0 Å². The standard InChI is InChI=1S/C20H36N2O7/c1-2-3-4-8-17(23)22(14-7-11-20(28)29)16-15-21(12-5-9-18(24)25)13-6-10-19(26)27/h2-16H2,1H3,(H,24,25)(H,26,27)(H,28,29).